The molecule has 0 aromatic heterocycles. The number of fused-ring (bicyclic) bond motifs is 1. The summed E-state index contributed by atoms with van der Waals surface area (Å²) < 4.78 is 40.5. The second-order valence-corrected chi connectivity index (χ2v) is 8.81. The van der Waals surface area contributed by atoms with E-state index in [1.807, 2.05) is 18.2 Å². The minimum absolute atomic E-state index is 0.00680. The molecular weight excluding hydrogens is 369 g/mol. The molecule has 0 radical (unpaired) electrons. The van der Waals surface area contributed by atoms with Crippen molar-refractivity contribution in [3.63, 3.8) is 0 Å². The minimum Gasteiger partial charge on any atom is -0.369 e. The number of hydrogen-bond donors (Lipinski definition) is 1. The van der Waals surface area contributed by atoms with Crippen molar-refractivity contribution in [1.29, 1.82) is 0 Å². The van der Waals surface area contributed by atoms with E-state index in [1.54, 1.807) is 6.92 Å². The third-order valence-electron chi connectivity index (χ3n) is 5.08. The van der Waals surface area contributed by atoms with E-state index in [4.69, 9.17) is 0 Å². The molecule has 0 aliphatic carbocycles. The summed E-state index contributed by atoms with van der Waals surface area (Å²) >= 11 is 0. The molecule has 0 spiro atoms. The smallest absolute Gasteiger partial charge is 0.243 e. The molecule has 0 saturated carbocycles. The van der Waals surface area contributed by atoms with Gasteiger partial charge in [0.15, 0.2) is 0 Å². The molecule has 1 fully saturated rings. The molecule has 0 unspecified atom stereocenters. The Morgan fingerprint density at radius 1 is 1.04 bits per heavy atom. The summed E-state index contributed by atoms with van der Waals surface area (Å²) in [6, 6.07) is 9.70. The maximum atomic E-state index is 13.4. The van der Waals surface area contributed by atoms with Gasteiger partial charge in [-0.05, 0) is 54.4 Å². The Labute approximate surface area is 157 Å². The fraction of sp³-hybridized carbons (Fsp3) is 0.316. The van der Waals surface area contributed by atoms with Gasteiger partial charge in [0.25, 0.3) is 0 Å². The number of carbonyl (C=O) groups is 1. The van der Waals surface area contributed by atoms with Gasteiger partial charge in [0.1, 0.15) is 5.82 Å². The second-order valence-electron chi connectivity index (χ2n) is 6.87. The molecule has 1 amide bonds. The van der Waals surface area contributed by atoms with Crippen LogP contribution < -0.4 is 10.2 Å². The van der Waals surface area contributed by atoms with E-state index < -0.39 is 15.8 Å². The summed E-state index contributed by atoms with van der Waals surface area (Å²) in [5, 5.41) is 2.81. The Bertz CT molecular complexity index is 1010. The number of piperazine rings is 1. The first-order chi connectivity index (χ1) is 12.8. The van der Waals surface area contributed by atoms with Crippen molar-refractivity contribution in [3.05, 3.63) is 53.3 Å². The van der Waals surface area contributed by atoms with Crippen LogP contribution in [0.25, 0.3) is 0 Å². The summed E-state index contributed by atoms with van der Waals surface area (Å²) in [6.07, 6.45) is 0.376. The number of anilines is 2. The molecule has 2 aliphatic heterocycles. The molecule has 2 aromatic rings. The quantitative estimate of drug-likeness (QED) is 0.873. The molecule has 6 nitrogen and oxygen atoms in total. The highest BCUT2D eigenvalue weighted by atomic mass is 32.2. The van der Waals surface area contributed by atoms with Crippen LogP contribution in [-0.4, -0.2) is 44.8 Å². The van der Waals surface area contributed by atoms with Crippen LogP contribution in [0.1, 0.15) is 11.1 Å². The van der Waals surface area contributed by atoms with E-state index in [1.165, 1.54) is 22.5 Å². The second kappa shape index (κ2) is 6.61. The summed E-state index contributed by atoms with van der Waals surface area (Å²) in [6.45, 7) is 3.37. The van der Waals surface area contributed by atoms with Gasteiger partial charge in [0, 0.05) is 37.6 Å². The fourth-order valence-electron chi connectivity index (χ4n) is 3.53. The first kappa shape index (κ1) is 17.9. The SMILES string of the molecule is Cc1cc(S(=O)(=O)N2CCN(c3ccc4c(c3)CC(=O)N4)CC2)ccc1F. The number of halogens is 1. The normalized spacial score (nSPS) is 17.7. The summed E-state index contributed by atoms with van der Waals surface area (Å²) in [4.78, 5) is 13.7. The van der Waals surface area contributed by atoms with E-state index >= 15 is 0 Å². The highest BCUT2D eigenvalue weighted by Gasteiger charge is 2.29. The number of nitrogens with one attached hydrogen (secondary N) is 1. The molecule has 1 saturated heterocycles. The summed E-state index contributed by atoms with van der Waals surface area (Å²) in [5.74, 6) is -0.420. The molecule has 8 heteroatoms. The molecule has 2 heterocycles. The number of hydrogen-bond acceptors (Lipinski definition) is 4. The van der Waals surface area contributed by atoms with Crippen molar-refractivity contribution >= 4 is 27.3 Å². The minimum atomic E-state index is -3.64. The molecule has 1 N–H and O–H groups in total. The maximum Gasteiger partial charge on any atom is 0.243 e. The van der Waals surface area contributed by atoms with Gasteiger partial charge >= 0.3 is 0 Å². The van der Waals surface area contributed by atoms with E-state index in [0.29, 0.717) is 38.2 Å². The first-order valence-electron chi connectivity index (χ1n) is 8.78. The Morgan fingerprint density at radius 3 is 2.48 bits per heavy atom. The Balaban J connectivity index is 1.48. The third kappa shape index (κ3) is 3.30. The predicted octanol–water partition coefficient (Wildman–Crippen LogP) is 2.14. The van der Waals surface area contributed by atoms with Crippen LogP contribution in [0.5, 0.6) is 0 Å². The van der Waals surface area contributed by atoms with Crippen molar-refractivity contribution in [2.75, 3.05) is 36.4 Å². The number of aryl methyl sites for hydroxylation is 1. The van der Waals surface area contributed by atoms with E-state index in [9.17, 15) is 17.6 Å². The Kier molecular flexibility index (Phi) is 4.39. The standard InChI is InChI=1S/C19H20FN3O3S/c1-13-10-16(3-4-17(13)20)27(25,26)23-8-6-22(7-9-23)15-2-5-18-14(11-15)12-19(24)21-18/h2-5,10-11H,6-9,12H2,1H3,(H,21,24). The van der Waals surface area contributed by atoms with Crippen LogP contribution >= 0.6 is 0 Å². The van der Waals surface area contributed by atoms with Crippen LogP contribution in [0.15, 0.2) is 41.3 Å². The van der Waals surface area contributed by atoms with E-state index in [2.05, 4.69) is 10.2 Å². The average molecular weight is 389 g/mol. The lowest BCUT2D eigenvalue weighted by Gasteiger charge is -2.35. The zero-order valence-corrected chi connectivity index (χ0v) is 15.7. The third-order valence-corrected chi connectivity index (χ3v) is 6.98. The van der Waals surface area contributed by atoms with E-state index in [0.717, 1.165) is 16.9 Å². The van der Waals surface area contributed by atoms with Crippen LogP contribution in [-0.2, 0) is 21.2 Å². The first-order valence-corrected chi connectivity index (χ1v) is 10.2. The van der Waals surface area contributed by atoms with Gasteiger partial charge in [-0.3, -0.25) is 4.79 Å². The maximum absolute atomic E-state index is 13.4. The molecule has 142 valence electrons. The van der Waals surface area contributed by atoms with E-state index in [-0.39, 0.29) is 10.8 Å². The van der Waals surface area contributed by atoms with Gasteiger partial charge in [-0.1, -0.05) is 0 Å². The highest BCUT2D eigenvalue weighted by Crippen LogP contribution is 2.29. The molecular formula is C19H20FN3O3S. The molecule has 2 aromatic carbocycles. The molecule has 0 bridgehead atoms. The van der Waals surface area contributed by atoms with Gasteiger partial charge in [0.2, 0.25) is 15.9 Å². The van der Waals surface area contributed by atoms with Crippen molar-refractivity contribution in [3.8, 4) is 0 Å². The number of rotatable bonds is 3. The molecule has 4 rings (SSSR count). The fourth-order valence-corrected chi connectivity index (χ4v) is 5.03. The zero-order chi connectivity index (χ0) is 19.2. The topological polar surface area (TPSA) is 69.7 Å². The van der Waals surface area contributed by atoms with Gasteiger partial charge in [-0.2, -0.15) is 4.31 Å². The number of amides is 1. The predicted molar refractivity (Wildman–Crippen MR) is 101 cm³/mol. The summed E-state index contributed by atoms with van der Waals surface area (Å²) in [5.41, 5.74) is 3.11. The number of sulfonamides is 1. The Hall–Kier alpha value is -2.45. The largest absolute Gasteiger partial charge is 0.369 e. The van der Waals surface area contributed by atoms with Crippen LogP contribution in [0, 0.1) is 12.7 Å². The van der Waals surface area contributed by atoms with Gasteiger partial charge in [-0.25, -0.2) is 12.8 Å². The van der Waals surface area contributed by atoms with Crippen LogP contribution in [0.2, 0.25) is 0 Å². The lowest BCUT2D eigenvalue weighted by Crippen LogP contribution is -2.48. The van der Waals surface area contributed by atoms with Crippen LogP contribution in [0.4, 0.5) is 15.8 Å². The van der Waals surface area contributed by atoms with Crippen molar-refractivity contribution in [2.24, 2.45) is 0 Å². The monoisotopic (exact) mass is 389 g/mol. The molecule has 2 aliphatic rings. The van der Waals surface area contributed by atoms with Crippen molar-refractivity contribution in [1.82, 2.24) is 4.31 Å². The average Bonchev–Trinajstić information content (AvgIpc) is 3.03. The summed E-state index contributed by atoms with van der Waals surface area (Å²) in [7, 11) is -3.64. The van der Waals surface area contributed by atoms with Gasteiger partial charge in [-0.15, -0.1) is 0 Å². The molecule has 27 heavy (non-hydrogen) atoms. The number of benzene rings is 2. The Morgan fingerprint density at radius 2 is 1.78 bits per heavy atom. The highest BCUT2D eigenvalue weighted by molar-refractivity contribution is 7.89. The van der Waals surface area contributed by atoms with Crippen LogP contribution in [0.3, 0.4) is 0 Å². The van der Waals surface area contributed by atoms with Crippen molar-refractivity contribution in [2.45, 2.75) is 18.2 Å². The number of carbonyl (C=O) groups excluding carboxylic acids is 1. The molecule has 0 atom stereocenters. The van der Waals surface area contributed by atoms with Gasteiger partial charge in [0.05, 0.1) is 11.3 Å². The van der Waals surface area contributed by atoms with Crippen molar-refractivity contribution < 1.29 is 17.6 Å². The van der Waals surface area contributed by atoms with Gasteiger partial charge < -0.3 is 10.2 Å². The lowest BCUT2D eigenvalue weighted by molar-refractivity contribution is -0.115. The zero-order valence-electron chi connectivity index (χ0n) is 14.9. The number of nitrogens with zero attached hydrogens (tertiary/aromatic N) is 2. The lowest BCUT2D eigenvalue weighted by atomic mass is 10.1.